The first-order valence-corrected chi connectivity index (χ1v) is 8.13. The van der Waals surface area contributed by atoms with Gasteiger partial charge in [0.05, 0.1) is 12.3 Å². The van der Waals surface area contributed by atoms with Crippen LogP contribution >= 0.6 is 0 Å². The Kier molecular flexibility index (Phi) is 7.57. The third-order valence-electron chi connectivity index (χ3n) is 3.30. The minimum atomic E-state index is -0.457. The molecule has 0 aromatic carbocycles. The largest absolute Gasteiger partial charge is 0.450 e. The van der Waals surface area contributed by atoms with Crippen molar-refractivity contribution < 1.29 is 14.3 Å². The number of nitrogens with zero attached hydrogens (tertiary/aromatic N) is 2. The Morgan fingerprint density at radius 1 is 1.35 bits per heavy atom. The summed E-state index contributed by atoms with van der Waals surface area (Å²) in [6, 6.07) is 1.59. The summed E-state index contributed by atoms with van der Waals surface area (Å²) in [5, 5.41) is 9.93. The van der Waals surface area contributed by atoms with E-state index >= 15 is 0 Å². The first kappa shape index (κ1) is 19.0. The number of carbonyl (C=O) groups excluding carboxylic acids is 2. The van der Waals surface area contributed by atoms with Crippen LogP contribution in [0.25, 0.3) is 0 Å². The molecular weight excluding hydrogens is 296 g/mol. The number of hydrogen-bond donors (Lipinski definition) is 2. The molecule has 0 aliphatic rings. The van der Waals surface area contributed by atoms with Crippen molar-refractivity contribution in [1.82, 2.24) is 20.4 Å². The van der Waals surface area contributed by atoms with E-state index < -0.39 is 6.09 Å². The Morgan fingerprint density at radius 2 is 2.04 bits per heavy atom. The minimum absolute atomic E-state index is 0.169. The molecule has 0 radical (unpaired) electrons. The SMILES string of the molecule is CCOC(=O)NC(CNC(=O)c1cc(C)nn1CC)CC(C)C. The molecule has 2 N–H and O–H groups in total. The van der Waals surface area contributed by atoms with Crippen LogP contribution in [0.5, 0.6) is 0 Å². The molecule has 0 aliphatic heterocycles. The number of amides is 2. The number of aromatic nitrogens is 2. The van der Waals surface area contributed by atoms with Gasteiger partial charge in [0, 0.05) is 19.1 Å². The van der Waals surface area contributed by atoms with E-state index in [-0.39, 0.29) is 11.9 Å². The van der Waals surface area contributed by atoms with E-state index in [0.717, 1.165) is 12.1 Å². The second-order valence-electron chi connectivity index (χ2n) is 5.89. The van der Waals surface area contributed by atoms with Gasteiger partial charge in [0.15, 0.2) is 0 Å². The molecule has 0 aliphatic carbocycles. The Hall–Kier alpha value is -2.05. The maximum absolute atomic E-state index is 12.3. The highest BCUT2D eigenvalue weighted by molar-refractivity contribution is 5.92. The summed E-state index contributed by atoms with van der Waals surface area (Å²) in [6.45, 7) is 11.0. The minimum Gasteiger partial charge on any atom is -0.450 e. The van der Waals surface area contributed by atoms with Crippen molar-refractivity contribution in [2.45, 2.75) is 53.6 Å². The smallest absolute Gasteiger partial charge is 0.407 e. The first-order chi connectivity index (χ1) is 10.9. The quantitative estimate of drug-likeness (QED) is 0.767. The van der Waals surface area contributed by atoms with Crippen LogP contribution in [0.2, 0.25) is 0 Å². The zero-order chi connectivity index (χ0) is 17.4. The molecule has 1 aromatic rings. The Bertz CT molecular complexity index is 525. The maximum Gasteiger partial charge on any atom is 0.407 e. The number of ether oxygens (including phenoxy) is 1. The summed E-state index contributed by atoms with van der Waals surface area (Å²) in [5.74, 6) is 0.203. The second kappa shape index (κ2) is 9.17. The van der Waals surface area contributed by atoms with Gasteiger partial charge in [0.25, 0.3) is 5.91 Å². The summed E-state index contributed by atoms with van der Waals surface area (Å²) in [6.07, 6.45) is 0.298. The van der Waals surface area contributed by atoms with Crippen LogP contribution in [0.1, 0.15) is 50.3 Å². The fourth-order valence-corrected chi connectivity index (χ4v) is 2.38. The molecule has 0 spiro atoms. The summed E-state index contributed by atoms with van der Waals surface area (Å²) >= 11 is 0. The zero-order valence-electron chi connectivity index (χ0n) is 14.7. The number of hydrogen-bond acceptors (Lipinski definition) is 4. The van der Waals surface area contributed by atoms with Crippen molar-refractivity contribution >= 4 is 12.0 Å². The van der Waals surface area contributed by atoms with Gasteiger partial charge in [-0.1, -0.05) is 13.8 Å². The Balaban J connectivity index is 2.65. The van der Waals surface area contributed by atoms with Crippen LogP contribution in [0.15, 0.2) is 6.07 Å². The van der Waals surface area contributed by atoms with Gasteiger partial charge in [0.2, 0.25) is 0 Å². The van der Waals surface area contributed by atoms with Crippen molar-refractivity contribution in [3.63, 3.8) is 0 Å². The van der Waals surface area contributed by atoms with E-state index in [9.17, 15) is 9.59 Å². The van der Waals surface area contributed by atoms with E-state index in [1.165, 1.54) is 0 Å². The Labute approximate surface area is 137 Å². The van der Waals surface area contributed by atoms with Crippen molar-refractivity contribution in [1.29, 1.82) is 0 Å². The van der Waals surface area contributed by atoms with Gasteiger partial charge in [0.1, 0.15) is 5.69 Å². The molecule has 130 valence electrons. The van der Waals surface area contributed by atoms with Gasteiger partial charge in [-0.25, -0.2) is 4.79 Å². The van der Waals surface area contributed by atoms with Crippen molar-refractivity contribution in [2.75, 3.05) is 13.2 Å². The molecule has 1 atom stereocenters. The number of alkyl carbamates (subject to hydrolysis) is 1. The second-order valence-corrected chi connectivity index (χ2v) is 5.89. The van der Waals surface area contributed by atoms with E-state index in [1.54, 1.807) is 17.7 Å². The van der Waals surface area contributed by atoms with Gasteiger partial charge >= 0.3 is 6.09 Å². The fraction of sp³-hybridized carbons (Fsp3) is 0.688. The lowest BCUT2D eigenvalue weighted by Crippen LogP contribution is -2.44. The molecule has 2 amide bonds. The maximum atomic E-state index is 12.3. The van der Waals surface area contributed by atoms with Crippen LogP contribution in [-0.2, 0) is 11.3 Å². The van der Waals surface area contributed by atoms with Crippen molar-refractivity contribution in [3.8, 4) is 0 Å². The molecule has 1 aromatic heterocycles. The highest BCUT2D eigenvalue weighted by Gasteiger charge is 2.18. The standard InChI is InChI=1S/C16H28N4O3/c1-6-20-14(9-12(5)19-20)15(21)17-10-13(8-11(3)4)18-16(22)23-7-2/h9,11,13H,6-8,10H2,1-5H3,(H,17,21)(H,18,22). The number of nitrogens with one attached hydrogen (secondary N) is 2. The molecule has 1 unspecified atom stereocenters. The van der Waals surface area contributed by atoms with Crippen LogP contribution in [0, 0.1) is 12.8 Å². The van der Waals surface area contributed by atoms with Crippen LogP contribution in [0.4, 0.5) is 4.79 Å². The molecule has 1 rings (SSSR count). The lowest BCUT2D eigenvalue weighted by Gasteiger charge is -2.20. The molecule has 7 heteroatoms. The lowest BCUT2D eigenvalue weighted by atomic mass is 10.0. The van der Waals surface area contributed by atoms with E-state index in [1.807, 2.05) is 13.8 Å². The molecule has 0 saturated carbocycles. The van der Waals surface area contributed by atoms with E-state index in [0.29, 0.717) is 31.3 Å². The molecule has 1 heterocycles. The van der Waals surface area contributed by atoms with Gasteiger partial charge in [-0.15, -0.1) is 0 Å². The normalized spacial score (nSPS) is 12.1. The highest BCUT2D eigenvalue weighted by atomic mass is 16.5. The summed E-state index contributed by atoms with van der Waals surface area (Å²) in [7, 11) is 0. The number of carbonyl (C=O) groups is 2. The third kappa shape index (κ3) is 6.30. The van der Waals surface area contributed by atoms with Gasteiger partial charge in [-0.05, 0) is 39.2 Å². The average Bonchev–Trinajstić information content (AvgIpc) is 2.85. The van der Waals surface area contributed by atoms with Crippen LogP contribution in [-0.4, -0.2) is 41.0 Å². The fourth-order valence-electron chi connectivity index (χ4n) is 2.38. The molecule has 0 fully saturated rings. The summed E-state index contributed by atoms with van der Waals surface area (Å²) in [4.78, 5) is 23.9. The van der Waals surface area contributed by atoms with Crippen LogP contribution < -0.4 is 10.6 Å². The number of rotatable bonds is 8. The first-order valence-electron chi connectivity index (χ1n) is 8.13. The van der Waals surface area contributed by atoms with Crippen LogP contribution in [0.3, 0.4) is 0 Å². The zero-order valence-corrected chi connectivity index (χ0v) is 14.7. The van der Waals surface area contributed by atoms with E-state index in [4.69, 9.17) is 4.74 Å². The lowest BCUT2D eigenvalue weighted by molar-refractivity contribution is 0.0934. The van der Waals surface area contributed by atoms with Gasteiger partial charge < -0.3 is 15.4 Å². The predicted octanol–water partition coefficient (Wildman–Crippen LogP) is 2.10. The summed E-state index contributed by atoms with van der Waals surface area (Å²) < 4.78 is 6.58. The molecule has 23 heavy (non-hydrogen) atoms. The molecule has 0 bridgehead atoms. The van der Waals surface area contributed by atoms with Gasteiger partial charge in [-0.3, -0.25) is 9.48 Å². The van der Waals surface area contributed by atoms with Gasteiger partial charge in [-0.2, -0.15) is 5.10 Å². The number of aryl methyl sites for hydroxylation is 2. The molecular formula is C16H28N4O3. The van der Waals surface area contributed by atoms with Crippen molar-refractivity contribution in [2.24, 2.45) is 5.92 Å². The molecule has 0 saturated heterocycles. The Morgan fingerprint density at radius 3 is 2.61 bits per heavy atom. The predicted molar refractivity (Wildman–Crippen MR) is 88.4 cm³/mol. The van der Waals surface area contributed by atoms with E-state index in [2.05, 4.69) is 29.6 Å². The molecule has 7 nitrogen and oxygen atoms in total. The highest BCUT2D eigenvalue weighted by Crippen LogP contribution is 2.06. The summed E-state index contributed by atoms with van der Waals surface area (Å²) in [5.41, 5.74) is 1.34. The monoisotopic (exact) mass is 324 g/mol. The topological polar surface area (TPSA) is 85.2 Å². The average molecular weight is 324 g/mol. The third-order valence-corrected chi connectivity index (χ3v) is 3.30. The van der Waals surface area contributed by atoms with Crippen molar-refractivity contribution in [3.05, 3.63) is 17.5 Å².